The Morgan fingerprint density at radius 1 is 1.50 bits per heavy atom. The molecule has 0 spiro atoms. The van der Waals surface area contributed by atoms with Gasteiger partial charge in [-0.15, -0.1) is 11.8 Å². The summed E-state index contributed by atoms with van der Waals surface area (Å²) >= 11 is 1.32. The van der Waals surface area contributed by atoms with E-state index in [1.165, 1.54) is 11.8 Å². The molecule has 18 heavy (non-hydrogen) atoms. The Labute approximate surface area is 109 Å². The van der Waals surface area contributed by atoms with Crippen molar-refractivity contribution >= 4 is 23.6 Å². The zero-order valence-corrected chi connectivity index (χ0v) is 10.8. The van der Waals surface area contributed by atoms with Gasteiger partial charge in [0.25, 0.3) is 11.8 Å². The summed E-state index contributed by atoms with van der Waals surface area (Å²) in [6, 6.07) is 9.07. The van der Waals surface area contributed by atoms with Gasteiger partial charge in [-0.25, -0.2) is 0 Å². The highest BCUT2D eigenvalue weighted by molar-refractivity contribution is 8.00. The van der Waals surface area contributed by atoms with Gasteiger partial charge >= 0.3 is 0 Å². The molecule has 1 aliphatic rings. The van der Waals surface area contributed by atoms with Crippen LogP contribution in [0.1, 0.15) is 0 Å². The maximum absolute atomic E-state index is 11.7. The van der Waals surface area contributed by atoms with Gasteiger partial charge in [0.2, 0.25) is 0 Å². The van der Waals surface area contributed by atoms with Crippen LogP contribution in [0.25, 0.3) is 0 Å². The summed E-state index contributed by atoms with van der Waals surface area (Å²) in [7, 11) is 0. The Morgan fingerprint density at radius 2 is 2.22 bits per heavy atom. The molecule has 96 valence electrons. The third kappa shape index (κ3) is 2.59. The Hall–Kier alpha value is -1.69. The number of ether oxygens (including phenoxy) is 1. The third-order valence-corrected chi connectivity index (χ3v) is 3.80. The average Bonchev–Trinajstić information content (AvgIpc) is 2.42. The van der Waals surface area contributed by atoms with Gasteiger partial charge in [0.1, 0.15) is 5.75 Å². The maximum Gasteiger partial charge on any atom is 0.259 e. The number of benzene rings is 1. The summed E-state index contributed by atoms with van der Waals surface area (Å²) in [5, 5.41) is 5.30. The lowest BCUT2D eigenvalue weighted by Crippen LogP contribution is -2.71. The molecular formula is C12H14N2O3S. The molecule has 1 saturated heterocycles. The minimum Gasteiger partial charge on any atom is -0.484 e. The van der Waals surface area contributed by atoms with Crippen LogP contribution in [0.3, 0.4) is 0 Å². The number of amides is 2. The Morgan fingerprint density at radius 3 is 2.72 bits per heavy atom. The zero-order valence-electron chi connectivity index (χ0n) is 9.93. The van der Waals surface area contributed by atoms with Crippen LogP contribution in [0.5, 0.6) is 5.75 Å². The lowest BCUT2D eigenvalue weighted by Gasteiger charge is -2.39. The van der Waals surface area contributed by atoms with Crippen LogP contribution in [0, 0.1) is 0 Å². The van der Waals surface area contributed by atoms with Crippen molar-refractivity contribution in [3.05, 3.63) is 30.3 Å². The van der Waals surface area contributed by atoms with Gasteiger partial charge in [0, 0.05) is 0 Å². The Bertz CT molecular complexity index is 448. The number of thioether (sulfide) groups is 1. The molecule has 2 amide bonds. The summed E-state index contributed by atoms with van der Waals surface area (Å²) < 4.78 is 5.31. The van der Waals surface area contributed by atoms with E-state index in [1.54, 1.807) is 18.4 Å². The van der Waals surface area contributed by atoms with E-state index in [0.29, 0.717) is 12.3 Å². The molecule has 1 fully saturated rings. The normalized spacial score (nSPS) is 21.7. The first-order chi connectivity index (χ1) is 8.66. The molecule has 1 aliphatic heterocycles. The molecule has 0 bridgehead atoms. The largest absolute Gasteiger partial charge is 0.484 e. The second-order valence-electron chi connectivity index (χ2n) is 3.86. The number of hydrogen-bond donors (Lipinski definition) is 2. The fourth-order valence-corrected chi connectivity index (χ4v) is 2.25. The molecule has 0 radical (unpaired) electrons. The second kappa shape index (κ2) is 5.30. The maximum atomic E-state index is 11.7. The van der Waals surface area contributed by atoms with Crippen LogP contribution in [0.4, 0.5) is 0 Å². The van der Waals surface area contributed by atoms with Crippen molar-refractivity contribution in [2.24, 2.45) is 0 Å². The minimum atomic E-state index is -0.822. The standard InChI is InChI=1S/C12H14N2O3S/c1-18-12(8-13-11(12)16)14-10(15)7-17-9-5-3-2-4-6-9/h2-6H,7-8H2,1H3,(H,13,16)(H,14,15). The number of hydrogen-bond acceptors (Lipinski definition) is 4. The van der Waals surface area contributed by atoms with Gasteiger partial charge in [0.05, 0.1) is 6.54 Å². The van der Waals surface area contributed by atoms with E-state index in [-0.39, 0.29) is 18.4 Å². The average molecular weight is 266 g/mol. The highest BCUT2D eigenvalue weighted by Gasteiger charge is 2.47. The minimum absolute atomic E-state index is 0.0976. The first-order valence-electron chi connectivity index (χ1n) is 5.48. The molecular weight excluding hydrogens is 252 g/mol. The molecule has 1 atom stereocenters. The summed E-state index contributed by atoms with van der Waals surface area (Å²) in [5.74, 6) is 0.162. The van der Waals surface area contributed by atoms with Crippen molar-refractivity contribution < 1.29 is 14.3 Å². The predicted octanol–water partition coefficient (Wildman–Crippen LogP) is 0.371. The van der Waals surface area contributed by atoms with Gasteiger partial charge in [-0.3, -0.25) is 9.59 Å². The highest BCUT2D eigenvalue weighted by atomic mass is 32.2. The van der Waals surface area contributed by atoms with Crippen LogP contribution in [0.2, 0.25) is 0 Å². The highest BCUT2D eigenvalue weighted by Crippen LogP contribution is 2.25. The molecule has 2 rings (SSSR count). The van der Waals surface area contributed by atoms with Gasteiger partial charge in [-0.2, -0.15) is 0 Å². The fourth-order valence-electron chi connectivity index (χ4n) is 1.56. The van der Waals surface area contributed by atoms with Crippen LogP contribution in [-0.2, 0) is 9.59 Å². The van der Waals surface area contributed by atoms with E-state index < -0.39 is 4.87 Å². The van der Waals surface area contributed by atoms with Gasteiger partial charge in [0.15, 0.2) is 11.5 Å². The summed E-state index contributed by atoms with van der Waals surface area (Å²) in [6.07, 6.45) is 1.79. The van der Waals surface area contributed by atoms with Crippen molar-refractivity contribution in [3.63, 3.8) is 0 Å². The SMILES string of the molecule is CSC1(NC(=O)COc2ccccc2)CNC1=O. The first-order valence-corrected chi connectivity index (χ1v) is 6.71. The molecule has 0 aliphatic carbocycles. The zero-order chi connectivity index (χ0) is 13.0. The summed E-state index contributed by atoms with van der Waals surface area (Å²) in [5.41, 5.74) is 0. The molecule has 1 aromatic carbocycles. The van der Waals surface area contributed by atoms with E-state index in [1.807, 2.05) is 18.2 Å². The van der Waals surface area contributed by atoms with Crippen molar-refractivity contribution in [1.82, 2.24) is 10.6 Å². The van der Waals surface area contributed by atoms with E-state index in [2.05, 4.69) is 10.6 Å². The number of nitrogens with one attached hydrogen (secondary N) is 2. The Kier molecular flexibility index (Phi) is 3.76. The topological polar surface area (TPSA) is 67.4 Å². The number of carbonyl (C=O) groups is 2. The van der Waals surface area contributed by atoms with Crippen LogP contribution in [-0.4, -0.2) is 36.1 Å². The first kappa shape index (κ1) is 12.8. The molecule has 5 nitrogen and oxygen atoms in total. The lowest BCUT2D eigenvalue weighted by atomic mass is 10.1. The molecule has 1 aromatic rings. The second-order valence-corrected chi connectivity index (χ2v) is 4.97. The van der Waals surface area contributed by atoms with Crippen LogP contribution in [0.15, 0.2) is 30.3 Å². The van der Waals surface area contributed by atoms with Crippen molar-refractivity contribution in [1.29, 1.82) is 0 Å². The monoisotopic (exact) mass is 266 g/mol. The summed E-state index contributed by atoms with van der Waals surface area (Å²) in [6.45, 7) is 0.351. The number of para-hydroxylation sites is 1. The predicted molar refractivity (Wildman–Crippen MR) is 69.3 cm³/mol. The molecule has 2 N–H and O–H groups in total. The fraction of sp³-hybridized carbons (Fsp3) is 0.333. The quantitative estimate of drug-likeness (QED) is 0.597. The summed E-state index contributed by atoms with van der Waals surface area (Å²) in [4.78, 5) is 22.3. The van der Waals surface area contributed by atoms with Crippen molar-refractivity contribution in [3.8, 4) is 5.75 Å². The molecule has 0 saturated carbocycles. The molecule has 6 heteroatoms. The number of carbonyl (C=O) groups excluding carboxylic acids is 2. The van der Waals surface area contributed by atoms with E-state index >= 15 is 0 Å². The van der Waals surface area contributed by atoms with Crippen LogP contribution < -0.4 is 15.4 Å². The van der Waals surface area contributed by atoms with E-state index in [4.69, 9.17) is 4.74 Å². The van der Waals surface area contributed by atoms with Crippen LogP contribution >= 0.6 is 11.8 Å². The van der Waals surface area contributed by atoms with Gasteiger partial charge in [-0.05, 0) is 18.4 Å². The van der Waals surface area contributed by atoms with E-state index in [9.17, 15) is 9.59 Å². The molecule has 0 aromatic heterocycles. The van der Waals surface area contributed by atoms with Crippen molar-refractivity contribution in [2.75, 3.05) is 19.4 Å². The molecule has 1 heterocycles. The van der Waals surface area contributed by atoms with E-state index in [0.717, 1.165) is 0 Å². The Balaban J connectivity index is 1.84. The smallest absolute Gasteiger partial charge is 0.259 e. The lowest BCUT2D eigenvalue weighted by molar-refractivity contribution is -0.135. The molecule has 1 unspecified atom stereocenters. The van der Waals surface area contributed by atoms with Gasteiger partial charge in [-0.1, -0.05) is 18.2 Å². The van der Waals surface area contributed by atoms with Gasteiger partial charge < -0.3 is 15.4 Å². The number of rotatable bonds is 5. The van der Waals surface area contributed by atoms with Crippen molar-refractivity contribution in [2.45, 2.75) is 4.87 Å². The number of β-lactam (4-membered cyclic amide) rings is 1. The third-order valence-electron chi connectivity index (χ3n) is 2.67.